The average molecular weight is 263 g/mol. The number of aryl methyl sites for hydroxylation is 1. The van der Waals surface area contributed by atoms with Crippen molar-refractivity contribution < 1.29 is 9.59 Å². The van der Waals surface area contributed by atoms with Crippen LogP contribution in [0.1, 0.15) is 26.3 Å². The number of nitrogens with one attached hydrogen (secondary N) is 2. The van der Waals surface area contributed by atoms with Crippen LogP contribution in [-0.2, 0) is 9.59 Å². The Morgan fingerprint density at radius 2 is 1.84 bits per heavy atom. The first-order valence-corrected chi connectivity index (χ1v) is 6.26. The molecule has 2 amide bonds. The third kappa shape index (κ3) is 4.37. The van der Waals surface area contributed by atoms with Gasteiger partial charge in [-0.05, 0) is 30.5 Å². The number of rotatable bonds is 4. The quantitative estimate of drug-likeness (QED) is 0.775. The number of carbonyl (C=O) groups is 2. The molecule has 0 saturated carbocycles. The van der Waals surface area contributed by atoms with Crippen molar-refractivity contribution in [3.63, 3.8) is 0 Å². The molecule has 0 aliphatic carbocycles. The topological polar surface area (TPSA) is 84.2 Å². The zero-order valence-corrected chi connectivity index (χ0v) is 11.8. The summed E-state index contributed by atoms with van der Waals surface area (Å²) in [5.41, 5.74) is 8.01. The minimum absolute atomic E-state index is 0.0684. The van der Waals surface area contributed by atoms with Crippen molar-refractivity contribution in [3.8, 4) is 0 Å². The van der Waals surface area contributed by atoms with Gasteiger partial charge in [0.1, 0.15) is 0 Å². The van der Waals surface area contributed by atoms with E-state index in [2.05, 4.69) is 10.6 Å². The molecule has 1 atom stereocenters. The summed E-state index contributed by atoms with van der Waals surface area (Å²) in [6.45, 7) is 7.11. The maximum Gasteiger partial charge on any atom is 0.241 e. The molecule has 19 heavy (non-hydrogen) atoms. The van der Waals surface area contributed by atoms with Crippen molar-refractivity contribution >= 4 is 23.2 Å². The Labute approximate surface area is 113 Å². The van der Waals surface area contributed by atoms with Crippen molar-refractivity contribution in [1.82, 2.24) is 0 Å². The van der Waals surface area contributed by atoms with Crippen molar-refractivity contribution in [2.24, 2.45) is 11.7 Å². The SMILES string of the molecule is CC(=O)Nc1ccc(C)c(NC(=O)[C@@H](N)C(C)C)c1. The molecule has 1 aromatic rings. The molecule has 0 spiro atoms. The highest BCUT2D eigenvalue weighted by atomic mass is 16.2. The van der Waals surface area contributed by atoms with Gasteiger partial charge in [0.15, 0.2) is 0 Å². The lowest BCUT2D eigenvalue weighted by molar-refractivity contribution is -0.118. The van der Waals surface area contributed by atoms with E-state index in [4.69, 9.17) is 5.73 Å². The van der Waals surface area contributed by atoms with E-state index in [-0.39, 0.29) is 17.7 Å². The molecule has 5 heteroatoms. The average Bonchev–Trinajstić information content (AvgIpc) is 2.31. The smallest absolute Gasteiger partial charge is 0.241 e. The summed E-state index contributed by atoms with van der Waals surface area (Å²) in [6, 6.07) is 4.79. The number of anilines is 2. The summed E-state index contributed by atoms with van der Waals surface area (Å²) in [6.07, 6.45) is 0. The Morgan fingerprint density at radius 1 is 1.21 bits per heavy atom. The second-order valence-electron chi connectivity index (χ2n) is 4.97. The molecule has 1 aromatic carbocycles. The Bertz CT molecular complexity index is 484. The lowest BCUT2D eigenvalue weighted by Gasteiger charge is -2.17. The van der Waals surface area contributed by atoms with Crippen LogP contribution in [0.2, 0.25) is 0 Å². The highest BCUT2D eigenvalue weighted by molar-refractivity contribution is 5.96. The van der Waals surface area contributed by atoms with Gasteiger partial charge in [-0.1, -0.05) is 19.9 Å². The van der Waals surface area contributed by atoms with E-state index in [9.17, 15) is 9.59 Å². The van der Waals surface area contributed by atoms with Gasteiger partial charge in [0.2, 0.25) is 11.8 Å². The number of carbonyl (C=O) groups excluding carboxylic acids is 2. The van der Waals surface area contributed by atoms with Crippen LogP contribution in [0.3, 0.4) is 0 Å². The van der Waals surface area contributed by atoms with Crippen LogP contribution in [-0.4, -0.2) is 17.9 Å². The molecule has 0 heterocycles. The van der Waals surface area contributed by atoms with Gasteiger partial charge in [0, 0.05) is 18.3 Å². The summed E-state index contributed by atoms with van der Waals surface area (Å²) in [5.74, 6) is -0.308. The Kier molecular flexibility index (Phi) is 5.06. The number of nitrogens with two attached hydrogens (primary N) is 1. The second-order valence-corrected chi connectivity index (χ2v) is 4.97. The van der Waals surface area contributed by atoms with Crippen LogP contribution in [0.25, 0.3) is 0 Å². The number of hydrogen-bond donors (Lipinski definition) is 3. The molecule has 1 rings (SSSR count). The molecular formula is C14H21N3O2. The lowest BCUT2D eigenvalue weighted by atomic mass is 10.0. The fourth-order valence-corrected chi connectivity index (χ4v) is 1.56. The minimum atomic E-state index is -0.552. The minimum Gasteiger partial charge on any atom is -0.326 e. The van der Waals surface area contributed by atoms with Gasteiger partial charge in [0.05, 0.1) is 6.04 Å². The summed E-state index contributed by atoms with van der Waals surface area (Å²) in [7, 11) is 0. The molecule has 0 fully saturated rings. The molecule has 4 N–H and O–H groups in total. The molecule has 0 aromatic heterocycles. The van der Waals surface area contributed by atoms with Crippen LogP contribution < -0.4 is 16.4 Å². The van der Waals surface area contributed by atoms with E-state index in [1.54, 1.807) is 12.1 Å². The van der Waals surface area contributed by atoms with Crippen molar-refractivity contribution in [1.29, 1.82) is 0 Å². The van der Waals surface area contributed by atoms with Gasteiger partial charge in [-0.15, -0.1) is 0 Å². The number of amides is 2. The van der Waals surface area contributed by atoms with Crippen LogP contribution in [0.4, 0.5) is 11.4 Å². The van der Waals surface area contributed by atoms with Gasteiger partial charge in [-0.2, -0.15) is 0 Å². The second kappa shape index (κ2) is 6.33. The fraction of sp³-hybridized carbons (Fsp3) is 0.429. The van der Waals surface area contributed by atoms with Crippen LogP contribution in [0.5, 0.6) is 0 Å². The zero-order chi connectivity index (χ0) is 14.6. The van der Waals surface area contributed by atoms with Gasteiger partial charge in [-0.3, -0.25) is 9.59 Å². The van der Waals surface area contributed by atoms with Crippen molar-refractivity contribution in [3.05, 3.63) is 23.8 Å². The number of hydrogen-bond acceptors (Lipinski definition) is 3. The molecule has 5 nitrogen and oxygen atoms in total. The first kappa shape index (κ1) is 15.2. The normalized spacial score (nSPS) is 12.1. The molecule has 0 bridgehead atoms. The predicted octanol–water partition coefficient (Wildman–Crippen LogP) is 1.88. The van der Waals surface area contributed by atoms with E-state index in [1.807, 2.05) is 26.8 Å². The summed E-state index contributed by atoms with van der Waals surface area (Å²) >= 11 is 0. The predicted molar refractivity (Wildman–Crippen MR) is 76.9 cm³/mol. The van der Waals surface area contributed by atoms with Gasteiger partial charge >= 0.3 is 0 Å². The van der Waals surface area contributed by atoms with E-state index in [0.717, 1.165) is 5.56 Å². The first-order valence-electron chi connectivity index (χ1n) is 6.26. The molecule has 104 valence electrons. The largest absolute Gasteiger partial charge is 0.326 e. The molecule has 0 aliphatic rings. The molecule has 0 unspecified atom stereocenters. The van der Waals surface area contributed by atoms with E-state index < -0.39 is 6.04 Å². The third-order valence-electron chi connectivity index (χ3n) is 2.84. The Morgan fingerprint density at radius 3 is 2.37 bits per heavy atom. The van der Waals surface area contributed by atoms with Crippen molar-refractivity contribution in [2.45, 2.75) is 33.7 Å². The summed E-state index contributed by atoms with van der Waals surface area (Å²) in [5, 5.41) is 5.47. The molecular weight excluding hydrogens is 242 g/mol. The monoisotopic (exact) mass is 263 g/mol. The lowest BCUT2D eigenvalue weighted by Crippen LogP contribution is -2.39. The standard InChI is InChI=1S/C14H21N3O2/c1-8(2)13(15)14(19)17-12-7-11(16-10(4)18)6-5-9(12)3/h5-8,13H,15H2,1-4H3,(H,16,18)(H,17,19)/t13-/m0/s1. The Hall–Kier alpha value is -1.88. The van der Waals surface area contributed by atoms with Crippen molar-refractivity contribution in [2.75, 3.05) is 10.6 Å². The van der Waals surface area contributed by atoms with Crippen LogP contribution in [0, 0.1) is 12.8 Å². The van der Waals surface area contributed by atoms with Gasteiger partial charge in [-0.25, -0.2) is 0 Å². The maximum atomic E-state index is 11.9. The molecule has 0 saturated heterocycles. The first-order chi connectivity index (χ1) is 8.81. The maximum absolute atomic E-state index is 11.9. The van der Waals surface area contributed by atoms with Gasteiger partial charge in [0.25, 0.3) is 0 Å². The van der Waals surface area contributed by atoms with Gasteiger partial charge < -0.3 is 16.4 Å². The van der Waals surface area contributed by atoms with E-state index >= 15 is 0 Å². The molecule has 0 radical (unpaired) electrons. The number of benzene rings is 1. The van der Waals surface area contributed by atoms with Crippen LogP contribution in [0.15, 0.2) is 18.2 Å². The third-order valence-corrected chi connectivity index (χ3v) is 2.84. The Balaban J connectivity index is 2.88. The van der Waals surface area contributed by atoms with E-state index in [0.29, 0.717) is 11.4 Å². The zero-order valence-electron chi connectivity index (χ0n) is 11.8. The highest BCUT2D eigenvalue weighted by Crippen LogP contribution is 2.20. The van der Waals surface area contributed by atoms with Crippen LogP contribution >= 0.6 is 0 Å². The highest BCUT2D eigenvalue weighted by Gasteiger charge is 2.17. The summed E-state index contributed by atoms with van der Waals surface area (Å²) < 4.78 is 0. The summed E-state index contributed by atoms with van der Waals surface area (Å²) in [4.78, 5) is 22.9. The molecule has 0 aliphatic heterocycles. The fourth-order valence-electron chi connectivity index (χ4n) is 1.56. The van der Waals surface area contributed by atoms with E-state index in [1.165, 1.54) is 6.92 Å².